The zero-order valence-electron chi connectivity index (χ0n) is 20.5. The summed E-state index contributed by atoms with van der Waals surface area (Å²) in [5.41, 5.74) is 2.41. The molecule has 0 radical (unpaired) electrons. The molecule has 1 saturated heterocycles. The molecule has 35 heavy (non-hydrogen) atoms. The molecule has 3 aromatic carbocycles. The maximum atomic E-state index is 6.35. The van der Waals surface area contributed by atoms with Crippen molar-refractivity contribution in [2.75, 3.05) is 32.1 Å². The zero-order chi connectivity index (χ0) is 23.9. The van der Waals surface area contributed by atoms with Crippen LogP contribution >= 0.6 is 0 Å². The van der Waals surface area contributed by atoms with E-state index in [-0.39, 0.29) is 0 Å². The maximum absolute atomic E-state index is 6.35. The summed E-state index contributed by atoms with van der Waals surface area (Å²) in [5.74, 6) is 4.41. The van der Waals surface area contributed by atoms with E-state index in [2.05, 4.69) is 41.0 Å². The van der Waals surface area contributed by atoms with Gasteiger partial charge in [-0.2, -0.15) is 0 Å². The van der Waals surface area contributed by atoms with Crippen molar-refractivity contribution in [3.8, 4) is 23.0 Å². The van der Waals surface area contributed by atoms with Crippen molar-refractivity contribution in [3.05, 3.63) is 78.4 Å². The quantitative estimate of drug-likeness (QED) is 0.367. The Bertz CT molecular complexity index is 1080. The third-order valence-corrected chi connectivity index (χ3v) is 7.10. The molecule has 184 valence electrons. The van der Waals surface area contributed by atoms with Crippen molar-refractivity contribution in [2.24, 2.45) is 5.92 Å². The fourth-order valence-corrected chi connectivity index (χ4v) is 5.22. The van der Waals surface area contributed by atoms with Crippen molar-refractivity contribution < 1.29 is 14.2 Å². The van der Waals surface area contributed by atoms with Crippen LogP contribution in [0.3, 0.4) is 0 Å². The minimum atomic E-state index is 0.321. The number of methoxy groups -OCH3 is 1. The molecule has 2 aliphatic rings. The molecule has 1 aliphatic heterocycles. The summed E-state index contributed by atoms with van der Waals surface area (Å²) in [6.45, 7) is 2.93. The Labute approximate surface area is 208 Å². The molecular weight excluding hydrogens is 436 g/mol. The first-order chi connectivity index (χ1) is 17.3. The Morgan fingerprint density at radius 3 is 2.51 bits per heavy atom. The number of para-hydroxylation sites is 1. The highest BCUT2D eigenvalue weighted by Gasteiger charge is 2.25. The first-order valence-corrected chi connectivity index (χ1v) is 12.9. The molecule has 0 spiro atoms. The van der Waals surface area contributed by atoms with Gasteiger partial charge in [-0.05, 0) is 92.4 Å². The summed E-state index contributed by atoms with van der Waals surface area (Å²) in [7, 11) is 1.72. The monoisotopic (exact) mass is 472 g/mol. The summed E-state index contributed by atoms with van der Waals surface area (Å²) >= 11 is 0. The van der Waals surface area contributed by atoms with Gasteiger partial charge in [-0.3, -0.25) is 0 Å². The summed E-state index contributed by atoms with van der Waals surface area (Å²) < 4.78 is 17.9. The average Bonchev–Trinajstić information content (AvgIpc) is 3.42. The van der Waals surface area contributed by atoms with Crippen molar-refractivity contribution in [1.82, 2.24) is 5.32 Å². The van der Waals surface area contributed by atoms with Gasteiger partial charge in [0.25, 0.3) is 0 Å². The zero-order valence-corrected chi connectivity index (χ0v) is 20.5. The maximum Gasteiger partial charge on any atom is 0.161 e. The molecule has 2 fully saturated rings. The van der Waals surface area contributed by atoms with E-state index < -0.39 is 0 Å². The lowest BCUT2D eigenvalue weighted by Crippen LogP contribution is -2.38. The predicted molar refractivity (Wildman–Crippen MR) is 141 cm³/mol. The van der Waals surface area contributed by atoms with Crippen molar-refractivity contribution in [3.63, 3.8) is 0 Å². The average molecular weight is 473 g/mol. The number of hydrogen-bond donors (Lipinski definition) is 2. The summed E-state index contributed by atoms with van der Waals surface area (Å²) in [6, 6.07) is 24.6. The van der Waals surface area contributed by atoms with Crippen molar-refractivity contribution in [2.45, 2.75) is 44.1 Å². The second-order valence-corrected chi connectivity index (χ2v) is 9.72. The Balaban J connectivity index is 1.19. The van der Waals surface area contributed by atoms with Gasteiger partial charge in [0, 0.05) is 24.8 Å². The lowest BCUT2D eigenvalue weighted by molar-refractivity contribution is 0.200. The lowest BCUT2D eigenvalue weighted by atomic mass is 9.85. The van der Waals surface area contributed by atoms with Gasteiger partial charge in [-0.15, -0.1) is 0 Å². The Morgan fingerprint density at radius 2 is 1.69 bits per heavy atom. The van der Waals surface area contributed by atoms with Crippen molar-refractivity contribution in [1.29, 1.82) is 0 Å². The summed E-state index contributed by atoms with van der Waals surface area (Å²) in [6.07, 6.45) is 6.26. The van der Waals surface area contributed by atoms with Crippen LogP contribution in [0.15, 0.2) is 72.8 Å². The van der Waals surface area contributed by atoms with E-state index in [9.17, 15) is 0 Å². The number of nitrogens with one attached hydrogen (secondary N) is 2. The van der Waals surface area contributed by atoms with Crippen LogP contribution in [0.2, 0.25) is 0 Å². The Hall–Kier alpha value is -3.18. The molecule has 2 N–H and O–H groups in total. The van der Waals surface area contributed by atoms with Crippen LogP contribution in [0.5, 0.6) is 23.0 Å². The van der Waals surface area contributed by atoms with Gasteiger partial charge in [-0.25, -0.2) is 0 Å². The number of piperidine rings is 1. The van der Waals surface area contributed by atoms with Crippen LogP contribution in [-0.2, 0) is 0 Å². The Kier molecular flexibility index (Phi) is 7.74. The van der Waals surface area contributed by atoms with Gasteiger partial charge in [0.2, 0.25) is 0 Å². The van der Waals surface area contributed by atoms with Crippen LogP contribution in [0, 0.1) is 5.92 Å². The highest BCUT2D eigenvalue weighted by Crippen LogP contribution is 2.36. The van der Waals surface area contributed by atoms with E-state index in [1.807, 2.05) is 42.5 Å². The second kappa shape index (κ2) is 11.5. The van der Waals surface area contributed by atoms with Gasteiger partial charge in [0.15, 0.2) is 11.5 Å². The van der Waals surface area contributed by atoms with E-state index >= 15 is 0 Å². The number of ether oxygens (including phenoxy) is 3. The topological polar surface area (TPSA) is 51.8 Å². The van der Waals surface area contributed by atoms with Gasteiger partial charge < -0.3 is 24.8 Å². The second-order valence-electron chi connectivity index (χ2n) is 9.72. The van der Waals surface area contributed by atoms with Crippen LogP contribution in [-0.4, -0.2) is 32.8 Å². The normalized spacial score (nSPS) is 20.4. The number of rotatable bonds is 9. The molecular formula is C30H36N2O3. The summed E-state index contributed by atoms with van der Waals surface area (Å²) in [4.78, 5) is 0. The van der Waals surface area contributed by atoms with Crippen molar-refractivity contribution >= 4 is 5.69 Å². The molecule has 5 rings (SSSR count). The molecule has 2 atom stereocenters. The molecule has 5 nitrogen and oxygen atoms in total. The van der Waals surface area contributed by atoms with Crippen LogP contribution in [0.25, 0.3) is 0 Å². The molecule has 3 aromatic rings. The fourth-order valence-electron chi connectivity index (χ4n) is 5.22. The van der Waals surface area contributed by atoms with Crippen LogP contribution in [0.1, 0.15) is 43.6 Å². The first kappa shape index (κ1) is 23.6. The molecule has 0 amide bonds. The molecule has 1 saturated carbocycles. The van der Waals surface area contributed by atoms with Crippen LogP contribution in [0.4, 0.5) is 5.69 Å². The smallest absolute Gasteiger partial charge is 0.161 e. The molecule has 0 aromatic heterocycles. The highest BCUT2D eigenvalue weighted by atomic mass is 16.5. The number of anilines is 1. The number of hydrogen-bond acceptors (Lipinski definition) is 5. The van der Waals surface area contributed by atoms with E-state index in [1.165, 1.54) is 18.4 Å². The number of benzene rings is 3. The third-order valence-electron chi connectivity index (χ3n) is 7.10. The summed E-state index contributed by atoms with van der Waals surface area (Å²) in [5, 5.41) is 7.27. The van der Waals surface area contributed by atoms with E-state index in [0.29, 0.717) is 17.9 Å². The first-order valence-electron chi connectivity index (χ1n) is 12.9. The van der Waals surface area contributed by atoms with Gasteiger partial charge >= 0.3 is 0 Å². The predicted octanol–water partition coefficient (Wildman–Crippen LogP) is 6.61. The van der Waals surface area contributed by atoms with Gasteiger partial charge in [0.1, 0.15) is 11.5 Å². The lowest BCUT2D eigenvalue weighted by Gasteiger charge is -2.31. The SMILES string of the molecule is COc1ccc([C@H]2CNC[C@@H](CNc3cccc(Oc4ccccc4)c3)C2)cc1OC1CCCC1. The fraction of sp³-hybridized carbons (Fsp3) is 0.400. The molecule has 0 unspecified atom stereocenters. The van der Waals surface area contributed by atoms with E-state index in [0.717, 1.165) is 67.6 Å². The molecule has 5 heteroatoms. The largest absolute Gasteiger partial charge is 0.493 e. The minimum Gasteiger partial charge on any atom is -0.493 e. The molecule has 1 aliphatic carbocycles. The highest BCUT2D eigenvalue weighted by molar-refractivity contribution is 5.49. The van der Waals surface area contributed by atoms with Crippen LogP contribution < -0.4 is 24.8 Å². The third kappa shape index (κ3) is 6.29. The van der Waals surface area contributed by atoms with Gasteiger partial charge in [0.05, 0.1) is 13.2 Å². The van der Waals surface area contributed by atoms with E-state index in [4.69, 9.17) is 14.2 Å². The van der Waals surface area contributed by atoms with Gasteiger partial charge in [-0.1, -0.05) is 30.3 Å². The molecule has 0 bridgehead atoms. The Morgan fingerprint density at radius 1 is 0.857 bits per heavy atom. The molecule has 1 heterocycles. The van der Waals surface area contributed by atoms with E-state index in [1.54, 1.807) is 7.11 Å². The standard InChI is InChI=1S/C30H36N2O3/c1-33-29-15-14-23(17-30(29)35-27-11-5-6-12-27)24-16-22(19-31-21-24)20-32-25-8-7-13-28(18-25)34-26-9-3-2-4-10-26/h2-4,7-10,13-15,17-18,22,24,27,31-32H,5-6,11-12,16,19-21H2,1H3/t22-,24+/m0/s1. The minimum absolute atomic E-state index is 0.321.